The monoisotopic (exact) mass is 312 g/mol. The van der Waals surface area contributed by atoms with Crippen molar-refractivity contribution in [3.63, 3.8) is 0 Å². The van der Waals surface area contributed by atoms with Crippen LogP contribution in [0.2, 0.25) is 0 Å². The molecule has 0 heterocycles. The number of halogens is 1. The number of amides is 1. The molecule has 2 aromatic carbocycles. The minimum absolute atomic E-state index is 0.105. The Morgan fingerprint density at radius 2 is 2.00 bits per heavy atom. The van der Waals surface area contributed by atoms with Crippen molar-refractivity contribution < 1.29 is 9.18 Å². The Kier molecular flexibility index (Phi) is 4.44. The first-order valence-electron chi connectivity index (χ1n) is 7.95. The van der Waals surface area contributed by atoms with Crippen molar-refractivity contribution in [1.29, 1.82) is 0 Å². The lowest BCUT2D eigenvalue weighted by atomic mass is 9.80. The molecule has 0 bridgehead atoms. The lowest BCUT2D eigenvalue weighted by molar-refractivity contribution is 0.100. The molecule has 1 aliphatic rings. The molecule has 0 saturated carbocycles. The zero-order valence-corrected chi connectivity index (χ0v) is 13.2. The molecule has 0 spiro atoms. The van der Waals surface area contributed by atoms with Crippen LogP contribution in [0.15, 0.2) is 42.5 Å². The molecule has 2 aromatic rings. The summed E-state index contributed by atoms with van der Waals surface area (Å²) in [5.41, 5.74) is 8.74. The number of nitrogens with one attached hydrogen (secondary N) is 1. The van der Waals surface area contributed by atoms with Crippen molar-refractivity contribution in [2.75, 3.05) is 0 Å². The summed E-state index contributed by atoms with van der Waals surface area (Å²) in [7, 11) is 0. The largest absolute Gasteiger partial charge is 0.366 e. The maximum atomic E-state index is 14.0. The molecule has 4 heteroatoms. The van der Waals surface area contributed by atoms with Gasteiger partial charge in [-0.05, 0) is 53.6 Å². The van der Waals surface area contributed by atoms with Gasteiger partial charge in [0, 0.05) is 18.2 Å². The van der Waals surface area contributed by atoms with Crippen molar-refractivity contribution in [2.45, 2.75) is 32.4 Å². The van der Waals surface area contributed by atoms with Crippen molar-refractivity contribution in [3.05, 3.63) is 70.5 Å². The van der Waals surface area contributed by atoms with Gasteiger partial charge in [0.2, 0.25) is 5.91 Å². The van der Waals surface area contributed by atoms with Crippen LogP contribution in [0.25, 0.3) is 0 Å². The number of rotatable bonds is 4. The van der Waals surface area contributed by atoms with Crippen LogP contribution in [0.1, 0.15) is 46.4 Å². The molecule has 0 aromatic heterocycles. The number of nitrogens with two attached hydrogens (primary N) is 1. The number of carbonyl (C=O) groups is 1. The van der Waals surface area contributed by atoms with E-state index < -0.39 is 5.91 Å². The fourth-order valence-electron chi connectivity index (χ4n) is 3.30. The van der Waals surface area contributed by atoms with E-state index in [2.05, 4.69) is 12.2 Å². The van der Waals surface area contributed by atoms with Gasteiger partial charge in [-0.15, -0.1) is 0 Å². The summed E-state index contributed by atoms with van der Waals surface area (Å²) >= 11 is 0. The van der Waals surface area contributed by atoms with Gasteiger partial charge in [0.15, 0.2) is 0 Å². The first kappa shape index (κ1) is 15.7. The van der Waals surface area contributed by atoms with Gasteiger partial charge < -0.3 is 11.1 Å². The fraction of sp³-hybridized carbons (Fsp3) is 0.316. The number of hydrogen-bond donors (Lipinski definition) is 2. The van der Waals surface area contributed by atoms with E-state index in [1.807, 2.05) is 18.2 Å². The predicted molar refractivity (Wildman–Crippen MR) is 88.4 cm³/mol. The van der Waals surface area contributed by atoms with E-state index >= 15 is 0 Å². The summed E-state index contributed by atoms with van der Waals surface area (Å²) in [6, 6.07) is 12.7. The summed E-state index contributed by atoms with van der Waals surface area (Å²) in [5, 5.41) is 3.54. The predicted octanol–water partition coefficient (Wildman–Crippen LogP) is 3.34. The summed E-state index contributed by atoms with van der Waals surface area (Å²) in [6.45, 7) is 2.87. The Bertz CT molecular complexity index is 712. The highest BCUT2D eigenvalue weighted by Gasteiger charge is 2.27. The lowest BCUT2D eigenvalue weighted by Gasteiger charge is -2.32. The Balaban J connectivity index is 1.75. The van der Waals surface area contributed by atoms with E-state index in [-0.39, 0.29) is 11.9 Å². The number of primary amides is 1. The first-order valence-corrected chi connectivity index (χ1v) is 7.95. The van der Waals surface area contributed by atoms with Gasteiger partial charge in [0.05, 0.1) is 0 Å². The lowest BCUT2D eigenvalue weighted by Crippen LogP contribution is -2.31. The summed E-state index contributed by atoms with van der Waals surface area (Å²) in [4.78, 5) is 11.1. The van der Waals surface area contributed by atoms with Gasteiger partial charge >= 0.3 is 0 Å². The average Bonchev–Trinajstić information content (AvgIpc) is 2.54. The Morgan fingerprint density at radius 1 is 1.26 bits per heavy atom. The van der Waals surface area contributed by atoms with Crippen LogP contribution < -0.4 is 11.1 Å². The minimum atomic E-state index is -0.421. The van der Waals surface area contributed by atoms with Crippen LogP contribution in [-0.4, -0.2) is 5.91 Å². The van der Waals surface area contributed by atoms with Crippen LogP contribution >= 0.6 is 0 Å². The van der Waals surface area contributed by atoms with Crippen molar-refractivity contribution in [2.24, 2.45) is 11.7 Å². The first-order chi connectivity index (χ1) is 11.1. The normalized spacial score (nSPS) is 20.1. The second-order valence-electron chi connectivity index (χ2n) is 6.24. The van der Waals surface area contributed by atoms with Gasteiger partial charge in [-0.1, -0.05) is 31.2 Å². The molecule has 2 atom stereocenters. The van der Waals surface area contributed by atoms with E-state index in [1.54, 1.807) is 18.2 Å². The van der Waals surface area contributed by atoms with Crippen LogP contribution in [-0.2, 0) is 13.0 Å². The summed E-state index contributed by atoms with van der Waals surface area (Å²) < 4.78 is 14.0. The van der Waals surface area contributed by atoms with E-state index in [9.17, 15) is 9.18 Å². The second kappa shape index (κ2) is 6.50. The topological polar surface area (TPSA) is 55.1 Å². The average molecular weight is 312 g/mol. The zero-order chi connectivity index (χ0) is 16.4. The van der Waals surface area contributed by atoms with E-state index in [4.69, 9.17) is 5.73 Å². The molecule has 1 aliphatic carbocycles. The SMILES string of the molecule is C[C@@H]1CCc2c(F)cccc2[C@@H]1NCc1ccc(C(N)=O)cc1. The van der Waals surface area contributed by atoms with Crippen molar-refractivity contribution in [3.8, 4) is 0 Å². The van der Waals surface area contributed by atoms with Crippen LogP contribution in [0, 0.1) is 11.7 Å². The van der Waals surface area contributed by atoms with Crippen LogP contribution in [0.3, 0.4) is 0 Å². The molecule has 0 fully saturated rings. The van der Waals surface area contributed by atoms with E-state index in [0.717, 1.165) is 29.5 Å². The highest BCUT2D eigenvalue weighted by Crippen LogP contribution is 2.35. The minimum Gasteiger partial charge on any atom is -0.366 e. The van der Waals surface area contributed by atoms with Crippen LogP contribution in [0.5, 0.6) is 0 Å². The van der Waals surface area contributed by atoms with Crippen LogP contribution in [0.4, 0.5) is 4.39 Å². The molecule has 3 N–H and O–H groups in total. The number of fused-ring (bicyclic) bond motifs is 1. The van der Waals surface area contributed by atoms with Gasteiger partial charge in [0.1, 0.15) is 5.82 Å². The maximum absolute atomic E-state index is 14.0. The standard InChI is InChI=1S/C19H21FN2O/c1-12-5-10-15-16(3-2-4-17(15)20)18(12)22-11-13-6-8-14(9-7-13)19(21)23/h2-4,6-9,12,18,22H,5,10-11H2,1H3,(H2,21,23)/t12-,18-/m1/s1. The highest BCUT2D eigenvalue weighted by atomic mass is 19.1. The summed E-state index contributed by atoms with van der Waals surface area (Å²) in [6.07, 6.45) is 1.78. The molecule has 0 saturated heterocycles. The zero-order valence-electron chi connectivity index (χ0n) is 13.2. The number of carbonyl (C=O) groups excluding carboxylic acids is 1. The second-order valence-corrected chi connectivity index (χ2v) is 6.24. The molecular weight excluding hydrogens is 291 g/mol. The molecule has 0 radical (unpaired) electrons. The Morgan fingerprint density at radius 3 is 2.70 bits per heavy atom. The van der Waals surface area contributed by atoms with Gasteiger partial charge in [-0.25, -0.2) is 4.39 Å². The molecule has 1 amide bonds. The smallest absolute Gasteiger partial charge is 0.248 e. The third-order valence-electron chi connectivity index (χ3n) is 4.67. The highest BCUT2D eigenvalue weighted by molar-refractivity contribution is 5.92. The molecule has 120 valence electrons. The maximum Gasteiger partial charge on any atom is 0.248 e. The van der Waals surface area contributed by atoms with Gasteiger partial charge in [0.25, 0.3) is 0 Å². The molecule has 0 unspecified atom stereocenters. The van der Waals surface area contributed by atoms with E-state index in [0.29, 0.717) is 18.0 Å². The Labute approximate surface area is 135 Å². The van der Waals surface area contributed by atoms with Gasteiger partial charge in [-0.2, -0.15) is 0 Å². The molecule has 23 heavy (non-hydrogen) atoms. The summed E-state index contributed by atoms with van der Waals surface area (Å²) in [5.74, 6) is -0.0731. The third kappa shape index (κ3) is 3.27. The Hall–Kier alpha value is -2.20. The molecule has 3 nitrogen and oxygen atoms in total. The third-order valence-corrected chi connectivity index (χ3v) is 4.67. The fourth-order valence-corrected chi connectivity index (χ4v) is 3.30. The van der Waals surface area contributed by atoms with Gasteiger partial charge in [-0.3, -0.25) is 4.79 Å². The number of benzene rings is 2. The number of hydrogen-bond acceptors (Lipinski definition) is 2. The molecule has 0 aliphatic heterocycles. The van der Waals surface area contributed by atoms with Crippen molar-refractivity contribution in [1.82, 2.24) is 5.32 Å². The van der Waals surface area contributed by atoms with E-state index in [1.165, 1.54) is 6.07 Å². The molecular formula is C19H21FN2O. The quantitative estimate of drug-likeness (QED) is 0.910. The molecule has 3 rings (SSSR count). The van der Waals surface area contributed by atoms with Crippen molar-refractivity contribution >= 4 is 5.91 Å².